The summed E-state index contributed by atoms with van der Waals surface area (Å²) in [4.78, 5) is 28.3. The van der Waals surface area contributed by atoms with Crippen LogP contribution >= 0.6 is 11.6 Å². The van der Waals surface area contributed by atoms with Gasteiger partial charge in [0.2, 0.25) is 5.91 Å². The second-order valence-corrected chi connectivity index (χ2v) is 13.0. The number of nitrogens with one attached hydrogen (secondary N) is 4. The normalized spacial score (nSPS) is 16.6. The predicted molar refractivity (Wildman–Crippen MR) is 165 cm³/mol. The van der Waals surface area contributed by atoms with Crippen molar-refractivity contribution >= 4 is 56.2 Å². The van der Waals surface area contributed by atoms with Crippen LogP contribution in [0.3, 0.4) is 0 Å². The summed E-state index contributed by atoms with van der Waals surface area (Å²) in [6.45, 7) is 2.79. The first-order valence-electron chi connectivity index (χ1n) is 13.1. The van der Waals surface area contributed by atoms with Crippen LogP contribution in [0.25, 0.3) is 0 Å². The average Bonchev–Trinajstić information content (AvgIpc) is 3.48. The first kappa shape index (κ1) is 29.8. The van der Waals surface area contributed by atoms with E-state index in [4.69, 9.17) is 32.2 Å². The van der Waals surface area contributed by atoms with Gasteiger partial charge in [-0.25, -0.2) is 8.42 Å². The molecule has 226 valence electrons. The van der Waals surface area contributed by atoms with E-state index in [-0.39, 0.29) is 40.0 Å². The quantitative estimate of drug-likeness (QED) is 0.173. The van der Waals surface area contributed by atoms with Crippen molar-refractivity contribution in [2.24, 2.45) is 10.7 Å². The van der Waals surface area contributed by atoms with E-state index < -0.39 is 27.0 Å². The van der Waals surface area contributed by atoms with Gasteiger partial charge in [-0.2, -0.15) is 9.97 Å². The Morgan fingerprint density at radius 1 is 1.19 bits per heavy atom. The number of hydrogen-bond donors (Lipinski definition) is 5. The number of amides is 1. The molecule has 14 nitrogen and oxygen atoms in total. The summed E-state index contributed by atoms with van der Waals surface area (Å²) in [6.07, 6.45) is 1.05. The molecule has 0 bridgehead atoms. The summed E-state index contributed by atoms with van der Waals surface area (Å²) >= 11 is 6.34. The number of nitrogens with zero attached hydrogens (tertiary/aromatic N) is 4. The third-order valence-electron chi connectivity index (χ3n) is 6.84. The van der Waals surface area contributed by atoms with Gasteiger partial charge in [0.25, 0.3) is 5.88 Å². The number of aromatic nitrogens is 2. The van der Waals surface area contributed by atoms with Crippen molar-refractivity contribution in [3.8, 4) is 23.4 Å². The van der Waals surface area contributed by atoms with Gasteiger partial charge < -0.3 is 36.1 Å². The molecule has 0 fully saturated rings. The standard InChI is InChI=1S/C27H30ClN9O5S/c1-13(43(4,39)40)20-25(38)34-21-24(33-20)35-27(42-19-11-14(22(29)30)5-6-18(19)28)36-26(21)41-17-10-15(23-31-7-8-32-23)9-16(12-17)37(2)3/h5-6,9-13,20H,7-8H2,1-4H3,(H3,29,30)(H,31,32)(H,34,38)(H,33,35,36). The van der Waals surface area contributed by atoms with Crippen molar-refractivity contribution in [3.63, 3.8) is 0 Å². The highest BCUT2D eigenvalue weighted by Gasteiger charge is 2.38. The minimum absolute atomic E-state index is 0.0739. The molecule has 16 heteroatoms. The third kappa shape index (κ3) is 6.41. The van der Waals surface area contributed by atoms with E-state index in [1.165, 1.54) is 19.1 Å². The number of carbonyl (C=O) groups is 1. The topological polar surface area (TPSA) is 197 Å². The maximum absolute atomic E-state index is 13.1. The molecule has 2 aliphatic rings. The smallest absolute Gasteiger partial charge is 0.327 e. The van der Waals surface area contributed by atoms with E-state index in [1.54, 1.807) is 18.2 Å². The number of nitrogens with two attached hydrogens (primary N) is 1. The zero-order valence-electron chi connectivity index (χ0n) is 23.7. The average molecular weight is 628 g/mol. The van der Waals surface area contributed by atoms with Crippen LogP contribution in [0.2, 0.25) is 5.02 Å². The number of aliphatic imine (C=N–C) groups is 1. The second-order valence-electron chi connectivity index (χ2n) is 10.2. The van der Waals surface area contributed by atoms with E-state index >= 15 is 0 Å². The minimum Gasteiger partial charge on any atom is -0.437 e. The molecule has 0 spiro atoms. The molecule has 5 rings (SSSR count). The summed E-state index contributed by atoms with van der Waals surface area (Å²) in [5.74, 6) is 0.409. The summed E-state index contributed by atoms with van der Waals surface area (Å²) in [7, 11) is 0.173. The van der Waals surface area contributed by atoms with Crippen LogP contribution in [0.5, 0.6) is 23.4 Å². The number of anilines is 3. The Morgan fingerprint density at radius 2 is 1.95 bits per heavy atom. The number of rotatable bonds is 9. The summed E-state index contributed by atoms with van der Waals surface area (Å²) in [5.41, 5.74) is 7.68. The van der Waals surface area contributed by atoms with Crippen molar-refractivity contribution in [2.75, 3.05) is 49.0 Å². The van der Waals surface area contributed by atoms with E-state index in [0.29, 0.717) is 17.9 Å². The van der Waals surface area contributed by atoms with E-state index in [1.807, 2.05) is 25.1 Å². The van der Waals surface area contributed by atoms with Gasteiger partial charge in [0.1, 0.15) is 34.9 Å². The SMILES string of the molecule is CC(C1Nc2nc(Oc3cc(C(=N)N)ccc3Cl)nc(Oc3cc(C4=NCCN4)cc(N(C)C)c3)c2NC1=O)S(C)(=O)=O. The van der Waals surface area contributed by atoms with Crippen molar-refractivity contribution in [1.82, 2.24) is 15.3 Å². The first-order valence-corrected chi connectivity index (χ1v) is 15.4. The van der Waals surface area contributed by atoms with Crippen molar-refractivity contribution in [2.45, 2.75) is 18.2 Å². The molecule has 3 aromatic rings. The van der Waals surface area contributed by atoms with Gasteiger partial charge in [0.15, 0.2) is 15.7 Å². The van der Waals surface area contributed by atoms with Crippen LogP contribution in [-0.2, 0) is 14.6 Å². The number of sulfone groups is 1. The molecular weight excluding hydrogens is 598 g/mol. The largest absolute Gasteiger partial charge is 0.437 e. The van der Waals surface area contributed by atoms with Gasteiger partial charge in [-0.15, -0.1) is 0 Å². The zero-order valence-corrected chi connectivity index (χ0v) is 25.3. The van der Waals surface area contributed by atoms with Crippen molar-refractivity contribution in [1.29, 1.82) is 5.41 Å². The number of halogens is 1. The summed E-state index contributed by atoms with van der Waals surface area (Å²) in [5, 5.41) is 15.7. The van der Waals surface area contributed by atoms with Gasteiger partial charge >= 0.3 is 6.01 Å². The lowest BCUT2D eigenvalue weighted by atomic mass is 10.1. The van der Waals surface area contributed by atoms with Crippen molar-refractivity contribution < 1.29 is 22.7 Å². The Morgan fingerprint density at radius 3 is 2.60 bits per heavy atom. The second kappa shape index (κ2) is 11.6. The highest BCUT2D eigenvalue weighted by molar-refractivity contribution is 7.91. The van der Waals surface area contributed by atoms with Crippen LogP contribution in [0.15, 0.2) is 41.4 Å². The molecular formula is C27H30ClN9O5S. The number of carbonyl (C=O) groups excluding carboxylic acids is 1. The highest BCUT2D eigenvalue weighted by Crippen LogP contribution is 2.40. The summed E-state index contributed by atoms with van der Waals surface area (Å²) in [6, 6.07) is 8.67. The Kier molecular flexibility index (Phi) is 8.03. The van der Waals surface area contributed by atoms with Gasteiger partial charge in [0.05, 0.1) is 16.8 Å². The van der Waals surface area contributed by atoms with E-state index in [0.717, 1.165) is 29.9 Å². The molecule has 1 aromatic heterocycles. The lowest BCUT2D eigenvalue weighted by Gasteiger charge is -2.30. The van der Waals surface area contributed by atoms with Crippen LogP contribution in [0.4, 0.5) is 17.2 Å². The Balaban J connectivity index is 1.60. The molecule has 2 aliphatic heterocycles. The first-order chi connectivity index (χ1) is 20.3. The molecule has 1 amide bonds. The monoisotopic (exact) mass is 627 g/mol. The van der Waals surface area contributed by atoms with Crippen molar-refractivity contribution in [3.05, 3.63) is 52.5 Å². The van der Waals surface area contributed by atoms with E-state index in [9.17, 15) is 13.2 Å². The number of fused-ring (bicyclic) bond motifs is 1. The molecule has 43 heavy (non-hydrogen) atoms. The Bertz CT molecular complexity index is 1760. The zero-order chi connectivity index (χ0) is 31.1. The fraction of sp³-hybridized carbons (Fsp3) is 0.296. The molecule has 0 saturated carbocycles. The van der Waals surface area contributed by atoms with Crippen LogP contribution < -0.4 is 36.1 Å². The van der Waals surface area contributed by atoms with Gasteiger partial charge in [0, 0.05) is 49.8 Å². The molecule has 2 aromatic carbocycles. The Labute approximate surface area is 253 Å². The lowest BCUT2D eigenvalue weighted by Crippen LogP contribution is -2.48. The number of benzene rings is 2. The molecule has 2 atom stereocenters. The number of nitrogen functional groups attached to an aromatic ring is 1. The number of amidine groups is 2. The minimum atomic E-state index is -3.60. The summed E-state index contributed by atoms with van der Waals surface area (Å²) < 4.78 is 36.7. The fourth-order valence-corrected chi connectivity index (χ4v) is 5.18. The van der Waals surface area contributed by atoms with Crippen LogP contribution in [0.1, 0.15) is 18.1 Å². The molecule has 3 heterocycles. The van der Waals surface area contributed by atoms with E-state index in [2.05, 4.69) is 30.9 Å². The number of ether oxygens (including phenoxy) is 2. The molecule has 0 saturated heterocycles. The van der Waals surface area contributed by atoms with Crippen LogP contribution in [0, 0.1) is 5.41 Å². The maximum atomic E-state index is 13.1. The third-order valence-corrected chi connectivity index (χ3v) is 8.77. The van der Waals surface area contributed by atoms with Gasteiger partial charge in [-0.05, 0) is 37.3 Å². The van der Waals surface area contributed by atoms with Crippen LogP contribution in [-0.4, -0.2) is 80.7 Å². The maximum Gasteiger partial charge on any atom is 0.327 e. The molecule has 0 radical (unpaired) electrons. The number of hydrogen-bond acceptors (Lipinski definition) is 12. The van der Waals surface area contributed by atoms with Gasteiger partial charge in [-0.1, -0.05) is 11.6 Å². The lowest BCUT2D eigenvalue weighted by molar-refractivity contribution is -0.117. The highest BCUT2D eigenvalue weighted by atomic mass is 35.5. The fourth-order valence-electron chi connectivity index (χ4n) is 4.34. The predicted octanol–water partition coefficient (Wildman–Crippen LogP) is 2.58. The molecule has 2 unspecified atom stereocenters. The van der Waals surface area contributed by atoms with Gasteiger partial charge in [-0.3, -0.25) is 15.2 Å². The molecule has 6 N–H and O–H groups in total. The molecule has 0 aliphatic carbocycles. The Hall–Kier alpha value is -4.63.